The minimum absolute atomic E-state index is 0.00286. The third-order valence-corrected chi connectivity index (χ3v) is 5.17. The fourth-order valence-electron chi connectivity index (χ4n) is 2.06. The first-order valence-electron chi connectivity index (χ1n) is 7.24. The molecule has 2 N–H and O–H groups in total. The Balaban J connectivity index is 2.53. The zero-order chi connectivity index (χ0) is 18.6. The van der Waals surface area contributed by atoms with E-state index in [0.29, 0.717) is 10.9 Å². The molecule has 2 aromatic rings. The van der Waals surface area contributed by atoms with Crippen LogP contribution in [0.1, 0.15) is 23.7 Å². The fraction of sp³-hybridized carbons (Fsp3) is 0.188. The summed E-state index contributed by atoms with van der Waals surface area (Å²) in [6.45, 7) is 2.10. The SMILES string of the molecule is CCCOc1c(Br)ccc(NS(=O)(=O)c2ccccc2F)c1C(=O)O. The monoisotopic (exact) mass is 431 g/mol. The number of ether oxygens (including phenoxy) is 1. The Labute approximate surface area is 152 Å². The Hall–Kier alpha value is -2.13. The number of carboxylic acids is 1. The van der Waals surface area contributed by atoms with Gasteiger partial charge in [0.1, 0.15) is 22.0 Å². The normalized spacial score (nSPS) is 11.2. The van der Waals surface area contributed by atoms with Gasteiger partial charge in [0, 0.05) is 0 Å². The van der Waals surface area contributed by atoms with Crippen LogP contribution in [0.2, 0.25) is 0 Å². The van der Waals surface area contributed by atoms with Crippen LogP contribution in [0.15, 0.2) is 45.8 Å². The van der Waals surface area contributed by atoms with Crippen LogP contribution >= 0.6 is 15.9 Å². The average Bonchev–Trinajstić information content (AvgIpc) is 2.54. The molecule has 9 heteroatoms. The number of carboxylic acid groups (broad SMARTS) is 1. The second-order valence-corrected chi connectivity index (χ2v) is 7.49. The third kappa shape index (κ3) is 4.29. The van der Waals surface area contributed by atoms with Crippen LogP contribution in [0.4, 0.5) is 10.1 Å². The first-order valence-corrected chi connectivity index (χ1v) is 9.51. The van der Waals surface area contributed by atoms with E-state index in [2.05, 4.69) is 20.7 Å². The number of rotatable bonds is 7. The molecule has 0 aliphatic carbocycles. The van der Waals surface area contributed by atoms with Crippen molar-refractivity contribution in [1.29, 1.82) is 0 Å². The average molecular weight is 432 g/mol. The molecule has 0 bridgehead atoms. The molecule has 0 amide bonds. The lowest BCUT2D eigenvalue weighted by atomic mass is 10.1. The number of hydrogen-bond donors (Lipinski definition) is 2. The van der Waals surface area contributed by atoms with E-state index in [4.69, 9.17) is 4.74 Å². The lowest BCUT2D eigenvalue weighted by Gasteiger charge is -2.16. The van der Waals surface area contributed by atoms with Gasteiger partial charge in [0.25, 0.3) is 10.0 Å². The highest BCUT2D eigenvalue weighted by Gasteiger charge is 2.25. The van der Waals surface area contributed by atoms with Crippen LogP contribution in [0.3, 0.4) is 0 Å². The highest BCUT2D eigenvalue weighted by Crippen LogP contribution is 2.36. The van der Waals surface area contributed by atoms with E-state index in [1.165, 1.54) is 24.3 Å². The predicted octanol–water partition coefficient (Wildman–Crippen LogP) is 3.88. The molecule has 0 saturated carbocycles. The van der Waals surface area contributed by atoms with Crippen molar-refractivity contribution in [2.45, 2.75) is 18.2 Å². The molecule has 0 aromatic heterocycles. The largest absolute Gasteiger partial charge is 0.491 e. The first-order chi connectivity index (χ1) is 11.8. The van der Waals surface area contributed by atoms with Gasteiger partial charge < -0.3 is 9.84 Å². The molecule has 2 aromatic carbocycles. The van der Waals surface area contributed by atoms with Crippen LogP contribution in [-0.2, 0) is 10.0 Å². The Morgan fingerprint density at radius 1 is 1.28 bits per heavy atom. The number of halogens is 2. The summed E-state index contributed by atoms with van der Waals surface area (Å²) in [7, 11) is -4.31. The quantitative estimate of drug-likeness (QED) is 0.693. The van der Waals surface area contributed by atoms with Crippen LogP contribution in [0, 0.1) is 5.82 Å². The minimum Gasteiger partial charge on any atom is -0.491 e. The Bertz CT molecular complexity index is 901. The lowest BCUT2D eigenvalue weighted by molar-refractivity contribution is 0.0693. The minimum atomic E-state index is -4.31. The predicted molar refractivity (Wildman–Crippen MR) is 94.1 cm³/mol. The molecule has 0 atom stereocenters. The molecule has 0 saturated heterocycles. The number of carbonyl (C=O) groups is 1. The molecule has 0 spiro atoms. The fourth-order valence-corrected chi connectivity index (χ4v) is 3.66. The van der Waals surface area contributed by atoms with Crippen LogP contribution in [-0.4, -0.2) is 26.1 Å². The second kappa shape index (κ2) is 7.83. The molecule has 0 radical (unpaired) electrons. The van der Waals surface area contributed by atoms with Crippen molar-refractivity contribution in [3.05, 3.63) is 52.3 Å². The van der Waals surface area contributed by atoms with E-state index >= 15 is 0 Å². The van der Waals surface area contributed by atoms with Crippen molar-refractivity contribution in [3.63, 3.8) is 0 Å². The zero-order valence-electron chi connectivity index (χ0n) is 13.1. The Morgan fingerprint density at radius 2 is 1.96 bits per heavy atom. The molecule has 0 fully saturated rings. The van der Waals surface area contributed by atoms with E-state index in [1.54, 1.807) is 0 Å². The van der Waals surface area contributed by atoms with Crippen LogP contribution in [0.5, 0.6) is 5.75 Å². The number of aromatic carboxylic acids is 1. The highest BCUT2D eigenvalue weighted by atomic mass is 79.9. The van der Waals surface area contributed by atoms with Gasteiger partial charge in [0.05, 0.1) is 16.8 Å². The molecule has 134 valence electrons. The van der Waals surface area contributed by atoms with Gasteiger partial charge in [-0.15, -0.1) is 0 Å². The second-order valence-electron chi connectivity index (χ2n) is 4.99. The van der Waals surface area contributed by atoms with Crippen LogP contribution < -0.4 is 9.46 Å². The van der Waals surface area contributed by atoms with Crippen molar-refractivity contribution >= 4 is 37.6 Å². The van der Waals surface area contributed by atoms with Gasteiger partial charge in [-0.1, -0.05) is 19.1 Å². The van der Waals surface area contributed by atoms with Gasteiger partial charge >= 0.3 is 5.97 Å². The van der Waals surface area contributed by atoms with Crippen LogP contribution in [0.25, 0.3) is 0 Å². The third-order valence-electron chi connectivity index (χ3n) is 3.14. The summed E-state index contributed by atoms with van der Waals surface area (Å²) >= 11 is 3.19. The molecular formula is C16H15BrFNO5S. The number of anilines is 1. The van der Waals surface area contributed by atoms with Gasteiger partial charge in [-0.2, -0.15) is 0 Å². The van der Waals surface area contributed by atoms with Crippen molar-refractivity contribution < 1.29 is 27.4 Å². The van der Waals surface area contributed by atoms with E-state index in [-0.39, 0.29) is 23.6 Å². The summed E-state index contributed by atoms with van der Waals surface area (Å²) in [5, 5.41) is 9.48. The van der Waals surface area contributed by atoms with Gasteiger partial charge in [-0.3, -0.25) is 4.72 Å². The molecule has 0 aliphatic rings. The summed E-state index contributed by atoms with van der Waals surface area (Å²) in [5.74, 6) is -2.31. The topological polar surface area (TPSA) is 92.7 Å². The Kier molecular flexibility index (Phi) is 6.02. The van der Waals surface area contributed by atoms with Gasteiger partial charge in [-0.05, 0) is 46.6 Å². The number of hydrogen-bond acceptors (Lipinski definition) is 4. The number of sulfonamides is 1. The molecule has 6 nitrogen and oxygen atoms in total. The van der Waals surface area contributed by atoms with E-state index < -0.39 is 26.7 Å². The van der Waals surface area contributed by atoms with Gasteiger partial charge in [-0.25, -0.2) is 17.6 Å². The molecule has 0 aliphatic heterocycles. The standard InChI is InChI=1S/C16H15BrFNO5S/c1-2-9-24-15-10(17)7-8-12(14(15)16(20)21)19-25(22,23)13-6-4-3-5-11(13)18/h3-8,19H,2,9H2,1H3,(H,20,21). The van der Waals surface area contributed by atoms with Crippen molar-refractivity contribution in [1.82, 2.24) is 0 Å². The lowest BCUT2D eigenvalue weighted by Crippen LogP contribution is -2.17. The molecular weight excluding hydrogens is 417 g/mol. The summed E-state index contributed by atoms with van der Waals surface area (Å²) in [6, 6.07) is 7.54. The molecule has 2 rings (SSSR count). The molecule has 0 unspecified atom stereocenters. The van der Waals surface area contributed by atoms with E-state index in [1.807, 2.05) is 6.92 Å². The summed E-state index contributed by atoms with van der Waals surface area (Å²) in [4.78, 5) is 11.1. The van der Waals surface area contributed by atoms with Crippen molar-refractivity contribution in [3.8, 4) is 5.75 Å². The smallest absolute Gasteiger partial charge is 0.341 e. The molecule has 0 heterocycles. The molecule has 25 heavy (non-hydrogen) atoms. The van der Waals surface area contributed by atoms with Gasteiger partial charge in [0.2, 0.25) is 0 Å². The highest BCUT2D eigenvalue weighted by molar-refractivity contribution is 9.10. The maximum Gasteiger partial charge on any atom is 0.341 e. The van der Waals surface area contributed by atoms with E-state index in [9.17, 15) is 22.7 Å². The maximum atomic E-state index is 13.8. The van der Waals surface area contributed by atoms with Crippen molar-refractivity contribution in [2.75, 3.05) is 11.3 Å². The summed E-state index contributed by atoms with van der Waals surface area (Å²) < 4.78 is 46.5. The van der Waals surface area contributed by atoms with E-state index in [0.717, 1.165) is 12.1 Å². The summed E-state index contributed by atoms with van der Waals surface area (Å²) in [6.07, 6.45) is 0.636. The maximum absolute atomic E-state index is 13.8. The number of nitrogens with one attached hydrogen (secondary N) is 1. The summed E-state index contributed by atoms with van der Waals surface area (Å²) in [5.41, 5.74) is -0.576. The van der Waals surface area contributed by atoms with Crippen molar-refractivity contribution in [2.24, 2.45) is 0 Å². The zero-order valence-corrected chi connectivity index (χ0v) is 15.5. The first kappa shape index (κ1) is 19.2. The van der Waals surface area contributed by atoms with Gasteiger partial charge in [0.15, 0.2) is 0 Å². The number of benzene rings is 2. The Morgan fingerprint density at radius 3 is 2.56 bits per heavy atom.